The van der Waals surface area contributed by atoms with Gasteiger partial charge < -0.3 is 9.67 Å². The minimum atomic E-state index is -3.20. The number of aliphatic hydroxyl groups excluding tert-OH is 1. The molecule has 0 aromatic heterocycles. The monoisotopic (exact) mass is 322 g/mol. The van der Waals surface area contributed by atoms with E-state index in [4.69, 9.17) is 0 Å². The van der Waals surface area contributed by atoms with Gasteiger partial charge in [-0.2, -0.15) is 0 Å². The molecule has 0 amide bonds. The van der Waals surface area contributed by atoms with Crippen molar-refractivity contribution in [3.8, 4) is 0 Å². The first-order valence-electron chi connectivity index (χ1n) is 7.58. The van der Waals surface area contributed by atoms with Gasteiger partial charge in [-0.15, -0.1) is 0 Å². The van der Waals surface area contributed by atoms with Gasteiger partial charge in [0.2, 0.25) is 0 Å². The van der Waals surface area contributed by atoms with Crippen molar-refractivity contribution in [2.75, 3.05) is 0 Å². The van der Waals surface area contributed by atoms with Crippen molar-refractivity contribution in [3.63, 3.8) is 0 Å². The van der Waals surface area contributed by atoms with Crippen LogP contribution in [0.25, 0.3) is 0 Å². The Balaban J connectivity index is 2.16. The van der Waals surface area contributed by atoms with Crippen molar-refractivity contribution in [1.29, 1.82) is 0 Å². The van der Waals surface area contributed by atoms with E-state index in [0.29, 0.717) is 16.2 Å². The Bertz CT molecular complexity index is 768. The third kappa shape index (κ3) is 3.01. The Morgan fingerprint density at radius 1 is 0.739 bits per heavy atom. The number of hydrogen-bond donors (Lipinski definition) is 1. The van der Waals surface area contributed by atoms with Crippen LogP contribution in [0.5, 0.6) is 0 Å². The molecule has 0 bridgehead atoms. The third-order valence-electron chi connectivity index (χ3n) is 4.00. The summed E-state index contributed by atoms with van der Waals surface area (Å²) in [5, 5.41) is 12.3. The highest BCUT2D eigenvalue weighted by atomic mass is 31.2. The highest BCUT2D eigenvalue weighted by Gasteiger charge is 2.36. The van der Waals surface area contributed by atoms with E-state index in [0.717, 1.165) is 5.56 Å². The molecule has 1 atom stereocenters. The Morgan fingerprint density at radius 2 is 1.17 bits per heavy atom. The fourth-order valence-corrected chi connectivity index (χ4v) is 5.36. The number of benzene rings is 3. The highest BCUT2D eigenvalue weighted by Crippen LogP contribution is 2.55. The van der Waals surface area contributed by atoms with E-state index in [1.165, 1.54) is 0 Å². The largest absolute Gasteiger partial charge is 0.380 e. The van der Waals surface area contributed by atoms with Crippen molar-refractivity contribution < 1.29 is 9.67 Å². The van der Waals surface area contributed by atoms with E-state index < -0.39 is 13.0 Å². The van der Waals surface area contributed by atoms with Gasteiger partial charge in [0.15, 0.2) is 7.14 Å². The number of aliphatic hydroxyl groups is 1. The molecule has 116 valence electrons. The molecule has 0 fully saturated rings. The van der Waals surface area contributed by atoms with Crippen molar-refractivity contribution in [2.24, 2.45) is 0 Å². The molecule has 0 heterocycles. The summed E-state index contributed by atoms with van der Waals surface area (Å²) < 4.78 is 14.0. The van der Waals surface area contributed by atoms with E-state index in [1.807, 2.05) is 91.9 Å². The number of rotatable bonds is 4. The molecule has 0 aliphatic rings. The van der Waals surface area contributed by atoms with Gasteiger partial charge in [0.1, 0.15) is 5.85 Å². The van der Waals surface area contributed by atoms with E-state index in [-0.39, 0.29) is 0 Å². The van der Waals surface area contributed by atoms with E-state index in [2.05, 4.69) is 0 Å². The molecule has 1 N–H and O–H groups in total. The van der Waals surface area contributed by atoms with Gasteiger partial charge in [0, 0.05) is 10.6 Å². The Labute approximate surface area is 136 Å². The zero-order valence-electron chi connectivity index (χ0n) is 13.0. The van der Waals surface area contributed by atoms with Crippen molar-refractivity contribution >= 4 is 17.8 Å². The summed E-state index contributed by atoms with van der Waals surface area (Å²) >= 11 is 0. The van der Waals surface area contributed by atoms with Crippen LogP contribution >= 0.6 is 7.14 Å². The van der Waals surface area contributed by atoms with Crippen LogP contribution in [0.15, 0.2) is 84.9 Å². The van der Waals surface area contributed by atoms with Gasteiger partial charge in [-0.25, -0.2) is 0 Å². The molecule has 0 saturated heterocycles. The zero-order chi connectivity index (χ0) is 16.3. The lowest BCUT2D eigenvalue weighted by atomic mass is 10.2. The van der Waals surface area contributed by atoms with E-state index in [1.54, 1.807) is 0 Å². The van der Waals surface area contributed by atoms with Crippen molar-refractivity contribution in [1.82, 2.24) is 0 Å². The normalized spacial score (nSPS) is 12.8. The molecule has 3 aromatic rings. The van der Waals surface area contributed by atoms with Gasteiger partial charge >= 0.3 is 0 Å². The quantitative estimate of drug-likeness (QED) is 0.737. The first kappa shape index (κ1) is 15.7. The summed E-state index contributed by atoms with van der Waals surface area (Å²) in [7, 11) is -3.20. The molecule has 3 aromatic carbocycles. The van der Waals surface area contributed by atoms with Crippen LogP contribution in [-0.2, 0) is 4.57 Å². The summed E-state index contributed by atoms with van der Waals surface area (Å²) in [6, 6.07) is 26.0. The molecule has 3 heteroatoms. The predicted octanol–water partition coefficient (Wildman–Crippen LogP) is 4.00. The molecule has 3 rings (SSSR count). The van der Waals surface area contributed by atoms with Gasteiger partial charge in [-0.05, 0) is 12.5 Å². The lowest BCUT2D eigenvalue weighted by molar-refractivity contribution is 0.257. The van der Waals surface area contributed by atoms with Gasteiger partial charge in [0.25, 0.3) is 0 Å². The second kappa shape index (κ2) is 6.54. The zero-order valence-corrected chi connectivity index (χ0v) is 13.9. The second-order valence-electron chi connectivity index (χ2n) is 5.61. The van der Waals surface area contributed by atoms with Crippen LogP contribution in [0.2, 0.25) is 0 Å². The average Bonchev–Trinajstić information content (AvgIpc) is 2.62. The smallest absolute Gasteiger partial charge is 0.174 e. The topological polar surface area (TPSA) is 37.3 Å². The van der Waals surface area contributed by atoms with Crippen LogP contribution in [0.4, 0.5) is 0 Å². The number of hydrogen-bond acceptors (Lipinski definition) is 2. The molecular weight excluding hydrogens is 303 g/mol. The Morgan fingerprint density at radius 3 is 1.61 bits per heavy atom. The Kier molecular flexibility index (Phi) is 4.47. The van der Waals surface area contributed by atoms with Crippen LogP contribution in [-0.4, -0.2) is 5.11 Å². The first-order valence-corrected chi connectivity index (χ1v) is 9.35. The molecular formula is C20H19O2P. The molecule has 0 spiro atoms. The van der Waals surface area contributed by atoms with Crippen molar-refractivity contribution in [2.45, 2.75) is 12.8 Å². The maximum absolute atomic E-state index is 14.0. The van der Waals surface area contributed by atoms with Crippen LogP contribution in [0, 0.1) is 6.92 Å². The maximum Gasteiger partial charge on any atom is 0.174 e. The minimum Gasteiger partial charge on any atom is -0.380 e. The lowest BCUT2D eigenvalue weighted by Crippen LogP contribution is -2.21. The van der Waals surface area contributed by atoms with E-state index >= 15 is 0 Å². The Hall–Kier alpha value is -2.15. The molecule has 23 heavy (non-hydrogen) atoms. The van der Waals surface area contributed by atoms with Gasteiger partial charge in [-0.1, -0.05) is 90.5 Å². The van der Waals surface area contributed by atoms with Crippen LogP contribution in [0.3, 0.4) is 0 Å². The van der Waals surface area contributed by atoms with Crippen molar-refractivity contribution in [3.05, 3.63) is 96.1 Å². The lowest BCUT2D eigenvalue weighted by Gasteiger charge is -2.25. The minimum absolute atomic E-state index is 0.666. The molecule has 1 unspecified atom stereocenters. The maximum atomic E-state index is 14.0. The molecule has 0 aliphatic heterocycles. The van der Waals surface area contributed by atoms with Gasteiger partial charge in [-0.3, -0.25) is 0 Å². The fraction of sp³-hybridized carbons (Fsp3) is 0.100. The van der Waals surface area contributed by atoms with Crippen LogP contribution in [0.1, 0.15) is 17.0 Å². The second-order valence-corrected chi connectivity index (χ2v) is 8.45. The summed E-state index contributed by atoms with van der Waals surface area (Å²) in [6.45, 7) is 1.99. The standard InChI is InChI=1S/C20H19O2P/c1-16-12-14-17(15-13-16)20(21)23(22,18-8-4-2-5-9-18)19-10-6-3-7-11-19/h2-15,20-21H,1H3. The molecule has 0 saturated carbocycles. The summed E-state index contributed by atoms with van der Waals surface area (Å²) in [4.78, 5) is 0. The summed E-state index contributed by atoms with van der Waals surface area (Å²) in [5.74, 6) is -1.06. The SMILES string of the molecule is Cc1ccc(C(O)P(=O)(c2ccccc2)c2ccccc2)cc1. The highest BCUT2D eigenvalue weighted by molar-refractivity contribution is 7.78. The molecule has 2 nitrogen and oxygen atoms in total. The number of aryl methyl sites for hydroxylation is 1. The van der Waals surface area contributed by atoms with Crippen LogP contribution < -0.4 is 10.6 Å². The van der Waals surface area contributed by atoms with E-state index in [9.17, 15) is 9.67 Å². The third-order valence-corrected chi connectivity index (χ3v) is 7.12. The average molecular weight is 322 g/mol. The van der Waals surface area contributed by atoms with Gasteiger partial charge in [0.05, 0.1) is 0 Å². The first-order chi connectivity index (χ1) is 11.1. The molecule has 0 radical (unpaired) electrons. The summed E-state index contributed by atoms with van der Waals surface area (Å²) in [6.07, 6.45) is 0. The summed E-state index contributed by atoms with van der Waals surface area (Å²) in [5.41, 5.74) is 1.78. The fourth-order valence-electron chi connectivity index (χ4n) is 2.68. The molecule has 0 aliphatic carbocycles. The predicted molar refractivity (Wildman–Crippen MR) is 95.9 cm³/mol.